The van der Waals surface area contributed by atoms with Crippen LogP contribution in [0.5, 0.6) is 5.75 Å². The molecule has 0 amide bonds. The summed E-state index contributed by atoms with van der Waals surface area (Å²) in [4.78, 5) is 0. The van der Waals surface area contributed by atoms with Crippen LogP contribution in [-0.4, -0.2) is 21.5 Å². The molecule has 1 rings (SSSR count). The van der Waals surface area contributed by atoms with Crippen LogP contribution >= 0.6 is 0 Å². The van der Waals surface area contributed by atoms with E-state index in [0.29, 0.717) is 13.2 Å². The Morgan fingerprint density at radius 3 is 2.40 bits per heavy atom. The van der Waals surface area contributed by atoms with Crippen LogP contribution in [0.25, 0.3) is 0 Å². The standard InChI is InChI=1S/C15H22FNO2Si/c1-15(2,3)20(4,5)19-9-8-18-14-7-6-12(11-17)10-13(14)16/h6-7,10H,8-9H2,1-5H3. The van der Waals surface area contributed by atoms with Crippen LogP contribution in [0.3, 0.4) is 0 Å². The van der Waals surface area contributed by atoms with Crippen molar-refractivity contribution in [1.82, 2.24) is 0 Å². The number of nitriles is 1. The first-order valence-electron chi connectivity index (χ1n) is 6.64. The van der Waals surface area contributed by atoms with Crippen LogP contribution in [0.1, 0.15) is 26.3 Å². The highest BCUT2D eigenvalue weighted by Gasteiger charge is 2.36. The third-order valence-electron chi connectivity index (χ3n) is 3.67. The molecule has 0 aliphatic heterocycles. The summed E-state index contributed by atoms with van der Waals surface area (Å²) in [6.07, 6.45) is 0. The summed E-state index contributed by atoms with van der Waals surface area (Å²) in [5, 5.41) is 8.81. The zero-order valence-corrected chi connectivity index (χ0v) is 13.8. The summed E-state index contributed by atoms with van der Waals surface area (Å²) in [5.41, 5.74) is 0.285. The fourth-order valence-corrected chi connectivity index (χ4v) is 2.38. The van der Waals surface area contributed by atoms with E-state index in [1.807, 2.05) is 6.07 Å². The molecule has 0 aromatic heterocycles. The van der Waals surface area contributed by atoms with Crippen LogP contribution < -0.4 is 4.74 Å². The van der Waals surface area contributed by atoms with Crippen LogP contribution in [0.15, 0.2) is 18.2 Å². The number of benzene rings is 1. The van der Waals surface area contributed by atoms with Crippen molar-refractivity contribution >= 4 is 8.32 Å². The summed E-state index contributed by atoms with van der Waals surface area (Å²) in [6.45, 7) is 11.6. The zero-order chi connectivity index (χ0) is 15.4. The lowest BCUT2D eigenvalue weighted by Crippen LogP contribution is -2.41. The van der Waals surface area contributed by atoms with Crippen molar-refractivity contribution in [2.24, 2.45) is 0 Å². The second-order valence-corrected chi connectivity index (χ2v) is 11.0. The molecule has 0 radical (unpaired) electrons. The maximum atomic E-state index is 13.6. The summed E-state index contributed by atoms with van der Waals surface area (Å²) in [6, 6.07) is 6.06. The van der Waals surface area contributed by atoms with Gasteiger partial charge in [-0.2, -0.15) is 5.26 Å². The molecule has 20 heavy (non-hydrogen) atoms. The third-order valence-corrected chi connectivity index (χ3v) is 8.21. The molecule has 0 fully saturated rings. The molecule has 1 aromatic rings. The van der Waals surface area contributed by atoms with E-state index in [4.69, 9.17) is 14.4 Å². The van der Waals surface area contributed by atoms with Gasteiger partial charge in [0.15, 0.2) is 19.9 Å². The number of halogens is 1. The summed E-state index contributed by atoms with van der Waals surface area (Å²) < 4.78 is 24.9. The van der Waals surface area contributed by atoms with Crippen molar-refractivity contribution in [1.29, 1.82) is 5.26 Å². The van der Waals surface area contributed by atoms with Crippen molar-refractivity contribution in [3.8, 4) is 11.8 Å². The number of ether oxygens (including phenoxy) is 1. The van der Waals surface area contributed by atoms with Gasteiger partial charge in [-0.25, -0.2) is 4.39 Å². The Morgan fingerprint density at radius 1 is 1.25 bits per heavy atom. The van der Waals surface area contributed by atoms with Gasteiger partial charge in [-0.3, -0.25) is 0 Å². The summed E-state index contributed by atoms with van der Waals surface area (Å²) in [5.74, 6) is -0.362. The van der Waals surface area contributed by atoms with Gasteiger partial charge < -0.3 is 9.16 Å². The molecule has 110 valence electrons. The average Bonchev–Trinajstić information content (AvgIpc) is 2.34. The van der Waals surface area contributed by atoms with Crippen molar-refractivity contribution in [2.45, 2.75) is 38.9 Å². The van der Waals surface area contributed by atoms with E-state index < -0.39 is 14.1 Å². The van der Waals surface area contributed by atoms with Gasteiger partial charge in [0.05, 0.1) is 18.2 Å². The molecule has 0 saturated carbocycles. The summed E-state index contributed by atoms with van der Waals surface area (Å²) in [7, 11) is -1.79. The second kappa shape index (κ2) is 6.38. The lowest BCUT2D eigenvalue weighted by atomic mass is 10.2. The lowest BCUT2D eigenvalue weighted by molar-refractivity contribution is 0.198. The molecule has 1 aromatic carbocycles. The Morgan fingerprint density at radius 2 is 1.90 bits per heavy atom. The van der Waals surface area contributed by atoms with Crippen molar-refractivity contribution in [2.75, 3.05) is 13.2 Å². The number of hydrogen-bond donors (Lipinski definition) is 0. The SMILES string of the molecule is CC(C)(C)[Si](C)(C)OCCOc1ccc(C#N)cc1F. The van der Waals surface area contributed by atoms with Gasteiger partial charge in [0.25, 0.3) is 0 Å². The maximum Gasteiger partial charge on any atom is 0.192 e. The molecule has 0 heterocycles. The van der Waals surface area contributed by atoms with Crippen LogP contribution in [0.2, 0.25) is 18.1 Å². The number of nitrogens with zero attached hydrogens (tertiary/aromatic N) is 1. The lowest BCUT2D eigenvalue weighted by Gasteiger charge is -2.36. The first-order chi connectivity index (χ1) is 9.17. The van der Waals surface area contributed by atoms with E-state index >= 15 is 0 Å². The van der Waals surface area contributed by atoms with Gasteiger partial charge in [0, 0.05) is 0 Å². The maximum absolute atomic E-state index is 13.6. The fourth-order valence-electron chi connectivity index (χ4n) is 1.35. The van der Waals surface area contributed by atoms with E-state index in [2.05, 4.69) is 33.9 Å². The van der Waals surface area contributed by atoms with Crippen molar-refractivity contribution in [3.63, 3.8) is 0 Å². The Balaban J connectivity index is 2.48. The molecule has 3 nitrogen and oxygen atoms in total. The Kier molecular flexibility index (Phi) is 5.32. The highest BCUT2D eigenvalue weighted by atomic mass is 28.4. The van der Waals surface area contributed by atoms with Gasteiger partial charge in [-0.05, 0) is 36.3 Å². The smallest absolute Gasteiger partial charge is 0.192 e. The second-order valence-electron chi connectivity index (χ2n) is 6.21. The largest absolute Gasteiger partial charge is 0.488 e. The monoisotopic (exact) mass is 295 g/mol. The summed E-state index contributed by atoms with van der Waals surface area (Å²) >= 11 is 0. The number of rotatable bonds is 5. The Bertz CT molecular complexity index is 504. The van der Waals surface area contributed by atoms with Crippen LogP contribution in [0, 0.1) is 17.1 Å². The van der Waals surface area contributed by atoms with E-state index in [0.717, 1.165) is 0 Å². The Labute approximate surface area is 121 Å². The molecule has 0 N–H and O–H groups in total. The molecule has 0 aliphatic carbocycles. The van der Waals surface area contributed by atoms with E-state index in [1.54, 1.807) is 0 Å². The highest BCUT2D eigenvalue weighted by molar-refractivity contribution is 6.74. The Hall–Kier alpha value is -1.38. The minimum absolute atomic E-state index is 0.146. The topological polar surface area (TPSA) is 42.2 Å². The van der Waals surface area contributed by atoms with Gasteiger partial charge in [0.1, 0.15) is 6.61 Å². The predicted octanol–water partition coefficient (Wildman–Crippen LogP) is 4.10. The minimum Gasteiger partial charge on any atom is -0.488 e. The minimum atomic E-state index is -1.79. The van der Waals surface area contributed by atoms with E-state index in [-0.39, 0.29) is 16.4 Å². The normalized spacial score (nSPS) is 12.1. The molecule has 0 saturated heterocycles. The molecule has 0 bridgehead atoms. The van der Waals surface area contributed by atoms with Crippen LogP contribution in [0.4, 0.5) is 4.39 Å². The number of hydrogen-bond acceptors (Lipinski definition) is 3. The molecule has 0 atom stereocenters. The molecular weight excluding hydrogens is 273 g/mol. The predicted molar refractivity (Wildman–Crippen MR) is 79.8 cm³/mol. The van der Waals surface area contributed by atoms with Gasteiger partial charge in [-0.15, -0.1) is 0 Å². The first-order valence-corrected chi connectivity index (χ1v) is 9.54. The zero-order valence-electron chi connectivity index (χ0n) is 12.8. The molecule has 0 spiro atoms. The van der Waals surface area contributed by atoms with Gasteiger partial charge >= 0.3 is 0 Å². The van der Waals surface area contributed by atoms with Gasteiger partial charge in [0.2, 0.25) is 0 Å². The average molecular weight is 295 g/mol. The van der Waals surface area contributed by atoms with Crippen molar-refractivity contribution < 1.29 is 13.6 Å². The fraction of sp³-hybridized carbons (Fsp3) is 0.533. The molecule has 0 unspecified atom stereocenters. The van der Waals surface area contributed by atoms with Gasteiger partial charge in [-0.1, -0.05) is 20.8 Å². The highest BCUT2D eigenvalue weighted by Crippen LogP contribution is 2.36. The molecule has 5 heteroatoms. The van der Waals surface area contributed by atoms with E-state index in [9.17, 15) is 4.39 Å². The van der Waals surface area contributed by atoms with Crippen LogP contribution in [-0.2, 0) is 4.43 Å². The quantitative estimate of drug-likeness (QED) is 0.606. The first kappa shape index (κ1) is 16.7. The molecule has 0 aliphatic rings. The van der Waals surface area contributed by atoms with Crippen molar-refractivity contribution in [3.05, 3.63) is 29.6 Å². The van der Waals surface area contributed by atoms with E-state index in [1.165, 1.54) is 18.2 Å². The third kappa shape index (κ3) is 4.32. The molecular formula is C15H22FNO2Si.